The Kier molecular flexibility index (Phi) is 7.43. The highest BCUT2D eigenvalue weighted by Gasteiger charge is 2.52. The van der Waals surface area contributed by atoms with Crippen LogP contribution in [0, 0.1) is 0 Å². The molecule has 0 saturated carbocycles. The molecule has 0 bridgehead atoms. The number of H-pyrrole nitrogens is 1. The number of hydrogen-bond donors (Lipinski definition) is 4. The van der Waals surface area contributed by atoms with Gasteiger partial charge >= 0.3 is 5.97 Å². The second kappa shape index (κ2) is 10.9. The highest BCUT2D eigenvalue weighted by Crippen LogP contribution is 2.40. The number of aromatic hydroxyl groups is 1. The summed E-state index contributed by atoms with van der Waals surface area (Å²) in [6.07, 6.45) is 0.363. The Balaban J connectivity index is 1.57. The van der Waals surface area contributed by atoms with E-state index in [1.807, 2.05) is 54.6 Å². The number of aromatic nitrogens is 1. The lowest BCUT2D eigenvalue weighted by atomic mass is 9.85. The molecule has 4 N–H and O–H groups in total. The van der Waals surface area contributed by atoms with Crippen LogP contribution >= 0.6 is 15.9 Å². The van der Waals surface area contributed by atoms with Crippen molar-refractivity contribution in [3.63, 3.8) is 0 Å². The van der Waals surface area contributed by atoms with Gasteiger partial charge in [-0.3, -0.25) is 14.4 Å². The summed E-state index contributed by atoms with van der Waals surface area (Å²) in [6, 6.07) is 22.5. The Morgan fingerprint density at radius 3 is 2.44 bits per heavy atom. The normalized spacial score (nSPS) is 17.9. The van der Waals surface area contributed by atoms with Gasteiger partial charge in [0.05, 0.1) is 17.1 Å². The fourth-order valence-corrected chi connectivity index (χ4v) is 5.95. The average molecular weight is 590 g/mol. The maximum Gasteiger partial charge on any atom is 0.305 e. The number of phenolic OH excluding ortho intramolecular Hbond substituents is 1. The Morgan fingerprint density at radius 2 is 1.72 bits per heavy atom. The summed E-state index contributed by atoms with van der Waals surface area (Å²) in [5.74, 6) is -1.59. The zero-order chi connectivity index (χ0) is 27.6. The average Bonchev–Trinajstić information content (AvgIpc) is 3.41. The van der Waals surface area contributed by atoms with Crippen molar-refractivity contribution in [2.45, 2.75) is 43.8 Å². The molecule has 4 aromatic rings. The Hall–Kier alpha value is -4.11. The van der Waals surface area contributed by atoms with Crippen molar-refractivity contribution in [1.29, 1.82) is 0 Å². The van der Waals surface area contributed by atoms with Gasteiger partial charge in [-0.15, -0.1) is 0 Å². The van der Waals surface area contributed by atoms with Crippen LogP contribution in [0.5, 0.6) is 5.75 Å². The van der Waals surface area contributed by atoms with E-state index in [-0.39, 0.29) is 43.9 Å². The van der Waals surface area contributed by atoms with Crippen LogP contribution in [-0.2, 0) is 27.3 Å². The van der Waals surface area contributed by atoms with E-state index in [1.165, 1.54) is 12.1 Å². The van der Waals surface area contributed by atoms with E-state index in [2.05, 4.69) is 26.2 Å². The first-order valence-electron chi connectivity index (χ1n) is 12.7. The van der Waals surface area contributed by atoms with Crippen LogP contribution in [0.4, 0.5) is 0 Å². The number of amides is 2. The topological polar surface area (TPSA) is 123 Å². The van der Waals surface area contributed by atoms with Crippen LogP contribution in [0.1, 0.15) is 42.0 Å². The van der Waals surface area contributed by atoms with Crippen LogP contribution in [0.25, 0.3) is 10.9 Å². The number of likely N-dealkylation sites (tertiary alicyclic amines) is 1. The minimum Gasteiger partial charge on any atom is -0.508 e. The monoisotopic (exact) mass is 589 g/mol. The van der Waals surface area contributed by atoms with Crippen molar-refractivity contribution in [1.82, 2.24) is 15.2 Å². The number of nitrogens with zero attached hydrogens (tertiary/aromatic N) is 1. The van der Waals surface area contributed by atoms with E-state index in [0.29, 0.717) is 5.56 Å². The molecule has 2 heterocycles. The second-order valence-electron chi connectivity index (χ2n) is 9.85. The van der Waals surface area contributed by atoms with Crippen molar-refractivity contribution >= 4 is 44.6 Å². The van der Waals surface area contributed by atoms with Gasteiger partial charge in [0.25, 0.3) is 0 Å². The van der Waals surface area contributed by atoms with E-state index in [0.717, 1.165) is 26.6 Å². The lowest BCUT2D eigenvalue weighted by Crippen LogP contribution is -2.58. The Bertz CT molecular complexity index is 1520. The van der Waals surface area contributed by atoms with E-state index in [1.54, 1.807) is 17.0 Å². The molecule has 5 rings (SSSR count). The number of nitrogens with one attached hydrogen (secondary N) is 2. The van der Waals surface area contributed by atoms with Gasteiger partial charge in [0.15, 0.2) is 0 Å². The first-order chi connectivity index (χ1) is 18.8. The molecule has 1 aromatic heterocycles. The molecule has 0 spiro atoms. The van der Waals surface area contributed by atoms with Crippen molar-refractivity contribution in [3.8, 4) is 5.75 Å². The van der Waals surface area contributed by atoms with E-state index in [4.69, 9.17) is 0 Å². The van der Waals surface area contributed by atoms with E-state index < -0.39 is 23.5 Å². The summed E-state index contributed by atoms with van der Waals surface area (Å²) in [6.45, 7) is 0.246. The summed E-state index contributed by atoms with van der Waals surface area (Å²) >= 11 is 3.63. The molecule has 8 nitrogen and oxygen atoms in total. The van der Waals surface area contributed by atoms with Gasteiger partial charge in [-0.05, 0) is 57.2 Å². The number of para-hydroxylation sites is 1. The van der Waals surface area contributed by atoms with Crippen LogP contribution < -0.4 is 5.32 Å². The first kappa shape index (κ1) is 26.5. The minimum absolute atomic E-state index is 0.0373. The molecule has 1 saturated heterocycles. The highest BCUT2D eigenvalue weighted by atomic mass is 79.9. The van der Waals surface area contributed by atoms with Crippen molar-refractivity contribution in [3.05, 3.63) is 100 Å². The molecule has 2 atom stereocenters. The third-order valence-electron chi connectivity index (χ3n) is 7.39. The van der Waals surface area contributed by atoms with Gasteiger partial charge < -0.3 is 25.4 Å². The number of hydrogen-bond acceptors (Lipinski definition) is 4. The lowest BCUT2D eigenvalue weighted by molar-refractivity contribution is -0.143. The molecule has 39 heavy (non-hydrogen) atoms. The third kappa shape index (κ3) is 5.40. The molecule has 9 heteroatoms. The number of aliphatic carboxylic acids is 1. The van der Waals surface area contributed by atoms with Gasteiger partial charge in [0.2, 0.25) is 11.8 Å². The summed E-state index contributed by atoms with van der Waals surface area (Å²) in [5.41, 5.74) is 1.96. The number of carboxylic acids is 1. The number of benzene rings is 3. The fraction of sp³-hybridized carbons (Fsp3) is 0.233. The SMILES string of the molecule is O=C(O)C[C@@H](NC(=O)C1(Cc2c(Br)[nH]c3ccccc23)CCC(=O)N1Cc1ccccc1)c1ccc(O)cc1. The molecular formula is C30H28BrN3O5. The maximum absolute atomic E-state index is 14.3. The summed E-state index contributed by atoms with van der Waals surface area (Å²) in [7, 11) is 0. The van der Waals surface area contributed by atoms with Crippen LogP contribution in [0.3, 0.4) is 0 Å². The quantitative estimate of drug-likeness (QED) is 0.217. The summed E-state index contributed by atoms with van der Waals surface area (Å²) in [5, 5.41) is 23.2. The molecule has 1 fully saturated rings. The molecule has 200 valence electrons. The van der Waals surface area contributed by atoms with Crippen molar-refractivity contribution < 1.29 is 24.6 Å². The van der Waals surface area contributed by atoms with Crippen LogP contribution in [0.2, 0.25) is 0 Å². The minimum atomic E-state index is -1.26. The molecular weight excluding hydrogens is 562 g/mol. The van der Waals surface area contributed by atoms with Crippen LogP contribution in [0.15, 0.2) is 83.5 Å². The standard InChI is InChI=1S/C30H28BrN3O5/c31-28-23(22-8-4-5-9-24(22)32-28)17-30(15-14-26(36)34(30)18-19-6-2-1-3-7-19)29(39)33-25(16-27(37)38)20-10-12-21(35)13-11-20/h1-13,25,32,35H,14-18H2,(H,33,39)(H,37,38)/t25-,30?/m1/s1. The first-order valence-corrected chi connectivity index (χ1v) is 13.5. The Morgan fingerprint density at radius 1 is 1.03 bits per heavy atom. The molecule has 0 aliphatic carbocycles. The number of rotatable bonds is 9. The maximum atomic E-state index is 14.3. The number of carbonyl (C=O) groups excluding carboxylic acids is 2. The summed E-state index contributed by atoms with van der Waals surface area (Å²) < 4.78 is 0.732. The van der Waals surface area contributed by atoms with E-state index in [9.17, 15) is 24.6 Å². The van der Waals surface area contributed by atoms with Gasteiger partial charge in [0.1, 0.15) is 11.3 Å². The zero-order valence-corrected chi connectivity index (χ0v) is 22.6. The fourth-order valence-electron chi connectivity index (χ4n) is 5.39. The van der Waals surface area contributed by atoms with Gasteiger partial charge in [-0.2, -0.15) is 0 Å². The van der Waals surface area contributed by atoms with E-state index >= 15 is 0 Å². The summed E-state index contributed by atoms with van der Waals surface area (Å²) in [4.78, 5) is 44.4. The van der Waals surface area contributed by atoms with Crippen molar-refractivity contribution in [2.75, 3.05) is 0 Å². The predicted molar refractivity (Wildman–Crippen MR) is 150 cm³/mol. The molecule has 1 aliphatic rings. The number of carboxylic acid groups (broad SMARTS) is 1. The Labute approximate surface area is 233 Å². The molecule has 2 amide bonds. The molecule has 1 aliphatic heterocycles. The van der Waals surface area contributed by atoms with Gasteiger partial charge in [-0.25, -0.2) is 0 Å². The second-order valence-corrected chi connectivity index (χ2v) is 10.6. The number of aromatic amines is 1. The highest BCUT2D eigenvalue weighted by molar-refractivity contribution is 9.10. The largest absolute Gasteiger partial charge is 0.508 e. The van der Waals surface area contributed by atoms with Crippen molar-refractivity contribution in [2.24, 2.45) is 0 Å². The zero-order valence-electron chi connectivity index (χ0n) is 21.1. The van der Waals surface area contributed by atoms with Crippen LogP contribution in [-0.4, -0.2) is 43.4 Å². The molecule has 3 aromatic carbocycles. The number of phenols is 1. The lowest BCUT2D eigenvalue weighted by Gasteiger charge is -2.38. The number of carbonyl (C=O) groups is 3. The number of fused-ring (bicyclic) bond motifs is 1. The predicted octanol–water partition coefficient (Wildman–Crippen LogP) is 5.07. The smallest absolute Gasteiger partial charge is 0.305 e. The molecule has 0 radical (unpaired) electrons. The van der Waals surface area contributed by atoms with Gasteiger partial charge in [0, 0.05) is 30.3 Å². The molecule has 1 unspecified atom stereocenters. The number of halogens is 1. The van der Waals surface area contributed by atoms with Gasteiger partial charge in [-0.1, -0.05) is 60.7 Å². The third-order valence-corrected chi connectivity index (χ3v) is 8.06.